The number of hydrogen-bond donors (Lipinski definition) is 1. The molecular formula is C16H26N2O3. The van der Waals surface area contributed by atoms with Gasteiger partial charge in [-0.1, -0.05) is 39.5 Å². The lowest BCUT2D eigenvalue weighted by atomic mass is 10.0. The number of nitrogens with one attached hydrogen (secondary N) is 1. The average Bonchev–Trinajstić information content (AvgIpc) is 2.45. The van der Waals surface area contributed by atoms with Crippen LogP contribution in [0.25, 0.3) is 0 Å². The summed E-state index contributed by atoms with van der Waals surface area (Å²) in [6.07, 6.45) is 5.93. The zero-order chi connectivity index (χ0) is 15.7. The quantitative estimate of drug-likeness (QED) is 0.388. The van der Waals surface area contributed by atoms with E-state index in [1.54, 1.807) is 19.2 Å². The van der Waals surface area contributed by atoms with E-state index in [-0.39, 0.29) is 10.6 Å². The van der Waals surface area contributed by atoms with Crippen molar-refractivity contribution in [3.8, 4) is 5.75 Å². The minimum absolute atomic E-state index is 0.0932. The lowest BCUT2D eigenvalue weighted by Gasteiger charge is -2.09. The molecule has 0 bridgehead atoms. The van der Waals surface area contributed by atoms with Crippen LogP contribution in [0.1, 0.15) is 46.0 Å². The van der Waals surface area contributed by atoms with Crippen LogP contribution in [0.5, 0.6) is 5.75 Å². The standard InChI is InChI=1S/C16H26N2O3/c1-13(2)8-6-4-5-7-11-17-15-12-14(21-3)9-10-16(15)18(19)20/h9-10,12-13,17H,4-8,11H2,1-3H3. The Bertz CT molecular complexity index is 447. The fourth-order valence-corrected chi connectivity index (χ4v) is 2.20. The molecule has 0 saturated carbocycles. The Kier molecular flexibility index (Phi) is 7.58. The number of nitro benzene ring substituents is 1. The minimum Gasteiger partial charge on any atom is -0.497 e. The van der Waals surface area contributed by atoms with Crippen molar-refractivity contribution in [1.82, 2.24) is 0 Å². The van der Waals surface area contributed by atoms with Crippen LogP contribution in [0.3, 0.4) is 0 Å². The molecule has 5 nitrogen and oxygen atoms in total. The smallest absolute Gasteiger partial charge is 0.292 e. The molecule has 0 aliphatic rings. The SMILES string of the molecule is COc1ccc([N+](=O)[O-])c(NCCCCCCC(C)C)c1. The Hall–Kier alpha value is -1.78. The van der Waals surface area contributed by atoms with Crippen LogP contribution in [0.4, 0.5) is 11.4 Å². The van der Waals surface area contributed by atoms with E-state index >= 15 is 0 Å². The second-order valence-electron chi connectivity index (χ2n) is 5.66. The molecule has 0 aliphatic carbocycles. The number of nitro groups is 1. The first-order valence-electron chi connectivity index (χ1n) is 7.61. The number of rotatable bonds is 10. The zero-order valence-corrected chi connectivity index (χ0v) is 13.2. The lowest BCUT2D eigenvalue weighted by Crippen LogP contribution is -2.04. The molecule has 1 rings (SSSR count). The molecular weight excluding hydrogens is 268 g/mol. The van der Waals surface area contributed by atoms with Gasteiger partial charge in [-0.05, 0) is 18.4 Å². The maximum atomic E-state index is 11.0. The van der Waals surface area contributed by atoms with Crippen LogP contribution in [0.15, 0.2) is 18.2 Å². The highest BCUT2D eigenvalue weighted by Gasteiger charge is 2.13. The third kappa shape index (κ3) is 6.47. The second-order valence-corrected chi connectivity index (χ2v) is 5.66. The van der Waals surface area contributed by atoms with Crippen LogP contribution in [-0.4, -0.2) is 18.6 Å². The van der Waals surface area contributed by atoms with Crippen LogP contribution in [-0.2, 0) is 0 Å². The Labute approximate surface area is 126 Å². The molecule has 1 N–H and O–H groups in total. The van der Waals surface area contributed by atoms with Crippen molar-refractivity contribution >= 4 is 11.4 Å². The number of anilines is 1. The highest BCUT2D eigenvalue weighted by molar-refractivity contribution is 5.64. The van der Waals surface area contributed by atoms with E-state index in [9.17, 15) is 10.1 Å². The van der Waals surface area contributed by atoms with E-state index in [1.807, 2.05) is 0 Å². The molecule has 5 heteroatoms. The van der Waals surface area contributed by atoms with Gasteiger partial charge in [-0.2, -0.15) is 0 Å². The number of methoxy groups -OCH3 is 1. The van der Waals surface area contributed by atoms with E-state index in [4.69, 9.17) is 4.74 Å². The summed E-state index contributed by atoms with van der Waals surface area (Å²) in [7, 11) is 1.56. The van der Waals surface area contributed by atoms with Gasteiger partial charge in [-0.3, -0.25) is 10.1 Å². The van der Waals surface area contributed by atoms with Crippen molar-refractivity contribution < 1.29 is 9.66 Å². The van der Waals surface area contributed by atoms with Gasteiger partial charge in [0.1, 0.15) is 11.4 Å². The Morgan fingerprint density at radius 1 is 1.24 bits per heavy atom. The third-order valence-corrected chi connectivity index (χ3v) is 3.42. The summed E-state index contributed by atoms with van der Waals surface area (Å²) in [6.45, 7) is 5.22. The number of ether oxygens (including phenoxy) is 1. The first-order valence-corrected chi connectivity index (χ1v) is 7.61. The normalized spacial score (nSPS) is 10.7. The third-order valence-electron chi connectivity index (χ3n) is 3.42. The maximum absolute atomic E-state index is 11.0. The molecule has 0 unspecified atom stereocenters. The largest absolute Gasteiger partial charge is 0.497 e. The van der Waals surface area contributed by atoms with Gasteiger partial charge in [0.05, 0.1) is 12.0 Å². The predicted molar refractivity (Wildman–Crippen MR) is 86.1 cm³/mol. The van der Waals surface area contributed by atoms with E-state index in [0.29, 0.717) is 11.4 Å². The lowest BCUT2D eigenvalue weighted by molar-refractivity contribution is -0.384. The molecule has 0 atom stereocenters. The summed E-state index contributed by atoms with van der Waals surface area (Å²) in [5, 5.41) is 14.1. The van der Waals surface area contributed by atoms with Crippen LogP contribution in [0.2, 0.25) is 0 Å². The van der Waals surface area contributed by atoms with Gasteiger partial charge in [0.15, 0.2) is 0 Å². The molecule has 0 aromatic heterocycles. The average molecular weight is 294 g/mol. The van der Waals surface area contributed by atoms with E-state index in [2.05, 4.69) is 19.2 Å². The Morgan fingerprint density at radius 3 is 2.57 bits per heavy atom. The van der Waals surface area contributed by atoms with E-state index < -0.39 is 0 Å². The number of hydrogen-bond acceptors (Lipinski definition) is 4. The summed E-state index contributed by atoms with van der Waals surface area (Å²) in [5.74, 6) is 1.39. The summed E-state index contributed by atoms with van der Waals surface area (Å²) in [5.41, 5.74) is 0.622. The van der Waals surface area contributed by atoms with Crippen molar-refractivity contribution in [1.29, 1.82) is 0 Å². The Morgan fingerprint density at radius 2 is 1.95 bits per heavy atom. The summed E-state index contributed by atoms with van der Waals surface area (Å²) in [4.78, 5) is 10.6. The minimum atomic E-state index is -0.371. The van der Waals surface area contributed by atoms with Crippen molar-refractivity contribution in [2.75, 3.05) is 19.0 Å². The fourth-order valence-electron chi connectivity index (χ4n) is 2.20. The fraction of sp³-hybridized carbons (Fsp3) is 0.625. The second kappa shape index (κ2) is 9.21. The molecule has 0 saturated heterocycles. The number of nitrogens with zero attached hydrogens (tertiary/aromatic N) is 1. The first-order chi connectivity index (χ1) is 10.0. The van der Waals surface area contributed by atoms with E-state index in [0.717, 1.165) is 25.3 Å². The molecule has 1 aromatic rings. The highest BCUT2D eigenvalue weighted by Crippen LogP contribution is 2.28. The van der Waals surface area contributed by atoms with Crippen molar-refractivity contribution in [2.24, 2.45) is 5.92 Å². The zero-order valence-electron chi connectivity index (χ0n) is 13.2. The molecule has 0 spiro atoms. The van der Waals surface area contributed by atoms with Gasteiger partial charge >= 0.3 is 0 Å². The number of benzene rings is 1. The summed E-state index contributed by atoms with van der Waals surface area (Å²) < 4.78 is 5.11. The van der Waals surface area contributed by atoms with Crippen molar-refractivity contribution in [3.05, 3.63) is 28.3 Å². The van der Waals surface area contributed by atoms with Crippen molar-refractivity contribution in [2.45, 2.75) is 46.0 Å². The molecule has 1 aromatic carbocycles. The van der Waals surface area contributed by atoms with Gasteiger partial charge < -0.3 is 10.1 Å². The molecule has 0 radical (unpaired) electrons. The molecule has 118 valence electrons. The predicted octanol–water partition coefficient (Wildman–Crippen LogP) is 4.62. The molecule has 0 heterocycles. The summed E-state index contributed by atoms with van der Waals surface area (Å²) in [6, 6.07) is 4.76. The van der Waals surface area contributed by atoms with Gasteiger partial charge in [0.2, 0.25) is 0 Å². The summed E-state index contributed by atoms with van der Waals surface area (Å²) >= 11 is 0. The van der Waals surface area contributed by atoms with Crippen molar-refractivity contribution in [3.63, 3.8) is 0 Å². The monoisotopic (exact) mass is 294 g/mol. The molecule has 0 aliphatic heterocycles. The van der Waals surface area contributed by atoms with Gasteiger partial charge in [-0.25, -0.2) is 0 Å². The van der Waals surface area contributed by atoms with Gasteiger partial charge in [0.25, 0.3) is 5.69 Å². The van der Waals surface area contributed by atoms with Gasteiger partial charge in [-0.15, -0.1) is 0 Å². The molecule has 0 fully saturated rings. The molecule has 0 amide bonds. The first kappa shape index (κ1) is 17.3. The van der Waals surface area contributed by atoms with Gasteiger partial charge in [0, 0.05) is 18.7 Å². The van der Waals surface area contributed by atoms with Crippen LogP contribution >= 0.6 is 0 Å². The van der Waals surface area contributed by atoms with E-state index in [1.165, 1.54) is 25.3 Å². The Balaban J connectivity index is 2.38. The molecule has 21 heavy (non-hydrogen) atoms. The van der Waals surface area contributed by atoms with Crippen LogP contribution < -0.4 is 10.1 Å². The highest BCUT2D eigenvalue weighted by atomic mass is 16.6. The number of unbranched alkanes of at least 4 members (excludes halogenated alkanes) is 3. The maximum Gasteiger partial charge on any atom is 0.292 e. The van der Waals surface area contributed by atoms with Crippen LogP contribution in [0, 0.1) is 16.0 Å². The topological polar surface area (TPSA) is 64.4 Å².